The number of aliphatic hydroxyl groups is 1. The van der Waals surface area contributed by atoms with Crippen LogP contribution in [0.25, 0.3) is 0 Å². The van der Waals surface area contributed by atoms with Crippen molar-refractivity contribution in [2.75, 3.05) is 0 Å². The molecule has 0 aliphatic rings. The fourth-order valence-corrected chi connectivity index (χ4v) is 1.46. The van der Waals surface area contributed by atoms with Crippen molar-refractivity contribution in [2.24, 2.45) is 5.92 Å². The van der Waals surface area contributed by atoms with E-state index in [2.05, 4.69) is 20.8 Å². The van der Waals surface area contributed by atoms with Gasteiger partial charge in [0.05, 0.1) is 19.3 Å². The molecule has 0 spiro atoms. The van der Waals surface area contributed by atoms with Crippen LogP contribution in [0.3, 0.4) is 0 Å². The highest BCUT2D eigenvalue weighted by molar-refractivity contribution is 5.21. The van der Waals surface area contributed by atoms with E-state index in [-0.39, 0.29) is 6.61 Å². The Morgan fingerprint density at radius 3 is 2.19 bits per heavy atom. The molecule has 1 unspecified atom stereocenters. The van der Waals surface area contributed by atoms with E-state index in [0.29, 0.717) is 18.6 Å². The van der Waals surface area contributed by atoms with Gasteiger partial charge in [0.25, 0.3) is 0 Å². The fourth-order valence-electron chi connectivity index (χ4n) is 1.46. The summed E-state index contributed by atoms with van der Waals surface area (Å²) in [4.78, 5) is 0. The minimum Gasteiger partial charge on any atom is -0.392 e. The molecule has 0 aliphatic heterocycles. The second-order valence-electron chi connectivity index (χ2n) is 4.38. The normalized spacial score (nSPS) is 14.8. The van der Waals surface area contributed by atoms with Crippen LogP contribution in [0.4, 0.5) is 0 Å². The van der Waals surface area contributed by atoms with E-state index in [1.165, 1.54) is 0 Å². The van der Waals surface area contributed by atoms with Gasteiger partial charge in [-0.1, -0.05) is 44.5 Å². The quantitative estimate of drug-likeness (QED) is 0.801. The van der Waals surface area contributed by atoms with Gasteiger partial charge in [-0.2, -0.15) is 0 Å². The molecule has 0 aromatic heterocycles. The van der Waals surface area contributed by atoms with Gasteiger partial charge >= 0.3 is 0 Å². The lowest BCUT2D eigenvalue weighted by molar-refractivity contribution is 0.0174. The van der Waals surface area contributed by atoms with Crippen LogP contribution in [0.5, 0.6) is 0 Å². The monoisotopic (exact) mass is 222 g/mol. The Morgan fingerprint density at radius 2 is 1.69 bits per heavy atom. The molecular formula is C14H22O2. The molecule has 16 heavy (non-hydrogen) atoms. The molecule has 1 N–H and O–H groups in total. The van der Waals surface area contributed by atoms with E-state index < -0.39 is 0 Å². The van der Waals surface area contributed by atoms with Crippen molar-refractivity contribution >= 4 is 0 Å². The van der Waals surface area contributed by atoms with Gasteiger partial charge in [0.1, 0.15) is 0 Å². The number of ether oxygens (including phenoxy) is 1. The average Bonchev–Trinajstić information content (AvgIpc) is 2.35. The molecule has 90 valence electrons. The summed E-state index contributed by atoms with van der Waals surface area (Å²) in [5.41, 5.74) is 2.10. The Kier molecular flexibility index (Phi) is 5.50. The summed E-state index contributed by atoms with van der Waals surface area (Å²) < 4.78 is 5.79. The first-order valence-electron chi connectivity index (χ1n) is 5.97. The van der Waals surface area contributed by atoms with Gasteiger partial charge in [-0.25, -0.2) is 0 Å². The van der Waals surface area contributed by atoms with Crippen LogP contribution in [0.15, 0.2) is 24.3 Å². The molecule has 1 aromatic carbocycles. The predicted octanol–water partition coefficient (Wildman–Crippen LogP) is 3.13. The number of rotatable bonds is 6. The molecule has 0 amide bonds. The van der Waals surface area contributed by atoms with Crippen molar-refractivity contribution in [3.8, 4) is 0 Å². The third kappa shape index (κ3) is 3.95. The maximum Gasteiger partial charge on any atom is 0.0720 e. The molecule has 0 bridgehead atoms. The third-order valence-corrected chi connectivity index (χ3v) is 3.16. The molecule has 1 rings (SSSR count). The Hall–Kier alpha value is -0.860. The minimum absolute atomic E-state index is 0.102. The Balaban J connectivity index is 2.42. The lowest BCUT2D eigenvalue weighted by Crippen LogP contribution is -2.17. The van der Waals surface area contributed by atoms with Crippen molar-refractivity contribution in [3.63, 3.8) is 0 Å². The summed E-state index contributed by atoms with van der Waals surface area (Å²) in [7, 11) is 0. The summed E-state index contributed by atoms with van der Waals surface area (Å²) in [6.45, 7) is 7.26. The van der Waals surface area contributed by atoms with Gasteiger partial charge in [0.2, 0.25) is 0 Å². The maximum atomic E-state index is 8.92. The average molecular weight is 222 g/mol. The number of benzene rings is 1. The molecule has 2 heteroatoms. The van der Waals surface area contributed by atoms with E-state index in [4.69, 9.17) is 9.84 Å². The molecule has 1 aromatic rings. The van der Waals surface area contributed by atoms with E-state index in [1.807, 2.05) is 24.3 Å². The Morgan fingerprint density at radius 1 is 1.12 bits per heavy atom. The molecule has 0 heterocycles. The molecule has 0 aliphatic carbocycles. The SMILES string of the molecule is CC[C@H](C)C(C)OCc1ccc(CO)cc1. The van der Waals surface area contributed by atoms with Crippen molar-refractivity contribution in [2.45, 2.75) is 46.5 Å². The highest BCUT2D eigenvalue weighted by Crippen LogP contribution is 2.13. The van der Waals surface area contributed by atoms with Gasteiger partial charge in [-0.3, -0.25) is 0 Å². The van der Waals surface area contributed by atoms with Crippen LogP contribution in [0, 0.1) is 5.92 Å². The van der Waals surface area contributed by atoms with Crippen LogP contribution in [0.2, 0.25) is 0 Å². The summed E-state index contributed by atoms with van der Waals surface area (Å²) in [5.74, 6) is 0.594. The van der Waals surface area contributed by atoms with Crippen LogP contribution in [-0.2, 0) is 18.0 Å². The van der Waals surface area contributed by atoms with E-state index in [9.17, 15) is 0 Å². The summed E-state index contributed by atoms with van der Waals surface area (Å²) in [6, 6.07) is 7.89. The summed E-state index contributed by atoms with van der Waals surface area (Å²) in [6.07, 6.45) is 1.44. The fraction of sp³-hybridized carbons (Fsp3) is 0.571. The second kappa shape index (κ2) is 6.66. The number of aliphatic hydroxyl groups excluding tert-OH is 1. The van der Waals surface area contributed by atoms with Crippen molar-refractivity contribution < 1.29 is 9.84 Å². The van der Waals surface area contributed by atoms with Crippen molar-refractivity contribution in [1.29, 1.82) is 0 Å². The smallest absolute Gasteiger partial charge is 0.0720 e. The standard InChI is InChI=1S/C14H22O2/c1-4-11(2)12(3)16-10-14-7-5-13(9-15)6-8-14/h5-8,11-12,15H,4,9-10H2,1-3H3/t11-,12?/m0/s1. The van der Waals surface area contributed by atoms with Gasteiger partial charge in [-0.05, 0) is 24.0 Å². The first-order chi connectivity index (χ1) is 7.67. The topological polar surface area (TPSA) is 29.5 Å². The zero-order chi connectivity index (χ0) is 12.0. The first-order valence-corrected chi connectivity index (χ1v) is 5.97. The largest absolute Gasteiger partial charge is 0.392 e. The third-order valence-electron chi connectivity index (χ3n) is 3.16. The molecule has 0 fully saturated rings. The van der Waals surface area contributed by atoms with E-state index in [0.717, 1.165) is 17.5 Å². The second-order valence-corrected chi connectivity index (χ2v) is 4.38. The van der Waals surface area contributed by atoms with Crippen molar-refractivity contribution in [3.05, 3.63) is 35.4 Å². The lowest BCUT2D eigenvalue weighted by Gasteiger charge is -2.19. The molecule has 2 atom stereocenters. The molecular weight excluding hydrogens is 200 g/mol. The molecule has 2 nitrogen and oxygen atoms in total. The zero-order valence-corrected chi connectivity index (χ0v) is 10.4. The van der Waals surface area contributed by atoms with E-state index >= 15 is 0 Å². The Labute approximate surface area is 98.3 Å². The number of hydrogen-bond acceptors (Lipinski definition) is 2. The summed E-state index contributed by atoms with van der Waals surface area (Å²) >= 11 is 0. The molecule has 0 saturated carbocycles. The molecule has 0 saturated heterocycles. The van der Waals surface area contributed by atoms with Crippen LogP contribution >= 0.6 is 0 Å². The highest BCUT2D eigenvalue weighted by Gasteiger charge is 2.10. The van der Waals surface area contributed by atoms with E-state index in [1.54, 1.807) is 0 Å². The Bertz CT molecular complexity index is 292. The minimum atomic E-state index is 0.102. The lowest BCUT2D eigenvalue weighted by atomic mass is 10.0. The van der Waals surface area contributed by atoms with Crippen LogP contribution in [-0.4, -0.2) is 11.2 Å². The summed E-state index contributed by atoms with van der Waals surface area (Å²) in [5, 5.41) is 8.92. The van der Waals surface area contributed by atoms with Crippen molar-refractivity contribution in [1.82, 2.24) is 0 Å². The predicted molar refractivity (Wildman–Crippen MR) is 66.1 cm³/mol. The molecule has 0 radical (unpaired) electrons. The van der Waals surface area contributed by atoms with Gasteiger partial charge in [-0.15, -0.1) is 0 Å². The maximum absolute atomic E-state index is 8.92. The first kappa shape index (κ1) is 13.2. The van der Waals surface area contributed by atoms with Gasteiger partial charge < -0.3 is 9.84 Å². The van der Waals surface area contributed by atoms with Crippen LogP contribution < -0.4 is 0 Å². The van der Waals surface area contributed by atoms with Crippen LogP contribution in [0.1, 0.15) is 38.3 Å². The van der Waals surface area contributed by atoms with Gasteiger partial charge in [0.15, 0.2) is 0 Å². The number of hydrogen-bond donors (Lipinski definition) is 1. The van der Waals surface area contributed by atoms with Gasteiger partial charge in [0, 0.05) is 0 Å². The zero-order valence-electron chi connectivity index (χ0n) is 10.4. The highest BCUT2D eigenvalue weighted by atomic mass is 16.5.